The van der Waals surface area contributed by atoms with Crippen molar-refractivity contribution in [3.63, 3.8) is 0 Å². The zero-order valence-corrected chi connectivity index (χ0v) is 18.7. The number of hydrogen-bond acceptors (Lipinski definition) is 5. The van der Waals surface area contributed by atoms with Crippen LogP contribution in [0.4, 0.5) is 5.69 Å². The predicted octanol–water partition coefficient (Wildman–Crippen LogP) is 4.98. The van der Waals surface area contributed by atoms with Crippen molar-refractivity contribution in [3.8, 4) is 0 Å². The Balaban J connectivity index is 1.44. The lowest BCUT2D eigenvalue weighted by Gasteiger charge is -2.41. The number of amides is 1. The number of hydrogen-bond donors (Lipinski definition) is 0. The largest absolute Gasteiger partial charge is 0.422 e. The third kappa shape index (κ3) is 3.51. The maximum absolute atomic E-state index is 13.3. The summed E-state index contributed by atoms with van der Waals surface area (Å²) in [5, 5.41) is 1.37. The molecule has 1 aliphatic heterocycles. The number of benzene rings is 2. The van der Waals surface area contributed by atoms with E-state index in [0.717, 1.165) is 22.2 Å². The lowest BCUT2D eigenvalue weighted by Crippen LogP contribution is -2.53. The van der Waals surface area contributed by atoms with Gasteiger partial charge < -0.3 is 14.2 Å². The third-order valence-corrected chi connectivity index (χ3v) is 7.15. The zero-order valence-electron chi connectivity index (χ0n) is 17.8. The van der Waals surface area contributed by atoms with Crippen molar-refractivity contribution in [1.82, 2.24) is 4.90 Å². The van der Waals surface area contributed by atoms with E-state index in [4.69, 9.17) is 4.42 Å². The Morgan fingerprint density at radius 3 is 2.61 bits per heavy atom. The van der Waals surface area contributed by atoms with Crippen molar-refractivity contribution in [3.05, 3.63) is 75.0 Å². The van der Waals surface area contributed by atoms with Crippen LogP contribution in [0, 0.1) is 13.8 Å². The van der Waals surface area contributed by atoms with E-state index < -0.39 is 0 Å². The molecule has 0 bridgehead atoms. The van der Waals surface area contributed by atoms with E-state index in [9.17, 15) is 9.59 Å². The second kappa shape index (κ2) is 7.54. The van der Waals surface area contributed by atoms with Gasteiger partial charge in [0.05, 0.1) is 15.0 Å². The number of nitrogens with zero attached hydrogens (tertiary/aromatic N) is 2. The molecule has 158 valence electrons. The minimum Gasteiger partial charge on any atom is -0.422 e. The van der Waals surface area contributed by atoms with Crippen molar-refractivity contribution < 1.29 is 9.21 Å². The van der Waals surface area contributed by atoms with Crippen LogP contribution in [0.5, 0.6) is 0 Å². The molecule has 0 saturated carbocycles. The number of fused-ring (bicyclic) bond motifs is 3. The average molecular weight is 433 g/mol. The molecule has 1 saturated heterocycles. The van der Waals surface area contributed by atoms with E-state index >= 15 is 0 Å². The van der Waals surface area contributed by atoms with Crippen molar-refractivity contribution in [2.24, 2.45) is 0 Å². The van der Waals surface area contributed by atoms with Gasteiger partial charge in [-0.15, -0.1) is 11.3 Å². The monoisotopic (exact) mass is 432 g/mol. The number of anilines is 1. The lowest BCUT2D eigenvalue weighted by atomic mass is 10.1. The van der Waals surface area contributed by atoms with Crippen molar-refractivity contribution in [1.29, 1.82) is 0 Å². The topological polar surface area (TPSA) is 53.8 Å². The van der Waals surface area contributed by atoms with Gasteiger partial charge in [-0.1, -0.05) is 23.8 Å². The van der Waals surface area contributed by atoms with Gasteiger partial charge in [0.2, 0.25) is 0 Å². The fraction of sp³-hybridized carbons (Fsp3) is 0.280. The first-order chi connectivity index (χ1) is 14.9. The molecule has 1 atom stereocenters. The number of thiophene rings is 1. The summed E-state index contributed by atoms with van der Waals surface area (Å²) in [5.41, 5.74) is 3.68. The molecule has 0 N–H and O–H groups in total. The van der Waals surface area contributed by atoms with E-state index in [-0.39, 0.29) is 17.6 Å². The minimum atomic E-state index is -0.390. The van der Waals surface area contributed by atoms with Gasteiger partial charge >= 0.3 is 5.63 Å². The van der Waals surface area contributed by atoms with Crippen molar-refractivity contribution >= 4 is 44.0 Å². The van der Waals surface area contributed by atoms with Gasteiger partial charge in [-0.05, 0) is 56.7 Å². The second-order valence-electron chi connectivity index (χ2n) is 8.38. The molecule has 1 aliphatic rings. The smallest absolute Gasteiger partial charge is 0.345 e. The first-order valence-corrected chi connectivity index (χ1v) is 11.3. The lowest BCUT2D eigenvalue weighted by molar-refractivity contribution is 0.0731. The first-order valence-electron chi connectivity index (χ1n) is 10.5. The van der Waals surface area contributed by atoms with Crippen LogP contribution in [0.1, 0.15) is 27.7 Å². The molecule has 0 radical (unpaired) electrons. The Labute approximate surface area is 184 Å². The Hall–Kier alpha value is -3.12. The maximum atomic E-state index is 13.3. The molecule has 3 heterocycles. The number of carbonyl (C=O) groups excluding carboxylic acids is 1. The molecule has 5 nitrogen and oxygen atoms in total. The van der Waals surface area contributed by atoms with Gasteiger partial charge in [-0.3, -0.25) is 4.79 Å². The highest BCUT2D eigenvalue weighted by Gasteiger charge is 2.29. The van der Waals surface area contributed by atoms with Crippen LogP contribution in [0.25, 0.3) is 21.1 Å². The molecule has 6 heteroatoms. The summed E-state index contributed by atoms with van der Waals surface area (Å²) in [7, 11) is 0. The number of rotatable bonds is 2. The second-order valence-corrected chi connectivity index (χ2v) is 9.43. The van der Waals surface area contributed by atoms with Crippen LogP contribution in [0.2, 0.25) is 0 Å². The van der Waals surface area contributed by atoms with Crippen LogP contribution < -0.4 is 10.5 Å². The van der Waals surface area contributed by atoms with Crippen LogP contribution in [-0.2, 0) is 0 Å². The normalized spacial score (nSPS) is 16.9. The van der Waals surface area contributed by atoms with Crippen LogP contribution in [0.15, 0.2) is 57.7 Å². The minimum absolute atomic E-state index is 0.0165. The molecule has 4 aromatic rings. The summed E-state index contributed by atoms with van der Waals surface area (Å²) in [5.74, 6) is -0.0165. The van der Waals surface area contributed by atoms with Gasteiger partial charge in [-0.2, -0.15) is 0 Å². The third-order valence-electron chi connectivity index (χ3n) is 5.99. The number of carbonyl (C=O) groups is 1. The van der Waals surface area contributed by atoms with E-state index in [0.29, 0.717) is 28.9 Å². The highest BCUT2D eigenvalue weighted by molar-refractivity contribution is 7.21. The molecule has 2 aromatic carbocycles. The van der Waals surface area contributed by atoms with E-state index in [2.05, 4.69) is 43.0 Å². The Kier molecular flexibility index (Phi) is 4.82. The fourth-order valence-corrected chi connectivity index (χ4v) is 5.54. The summed E-state index contributed by atoms with van der Waals surface area (Å²) < 4.78 is 6.30. The summed E-state index contributed by atoms with van der Waals surface area (Å²) in [4.78, 5) is 30.6. The van der Waals surface area contributed by atoms with Crippen LogP contribution in [0.3, 0.4) is 0 Å². The highest BCUT2D eigenvalue weighted by Crippen LogP contribution is 2.32. The van der Waals surface area contributed by atoms with Crippen LogP contribution >= 0.6 is 11.3 Å². The molecular weight excluding hydrogens is 408 g/mol. The SMILES string of the molecule is Cc1cccc(N2CCN(C(=O)c3cc4c(=O)oc5ccc(C)cc5c4s3)C[C@@H]2C)c1. The van der Waals surface area contributed by atoms with Crippen molar-refractivity contribution in [2.75, 3.05) is 24.5 Å². The van der Waals surface area contributed by atoms with Gasteiger partial charge in [0.1, 0.15) is 5.58 Å². The molecule has 2 aromatic heterocycles. The van der Waals surface area contributed by atoms with Gasteiger partial charge in [-0.25, -0.2) is 4.79 Å². The zero-order chi connectivity index (χ0) is 21.7. The maximum Gasteiger partial charge on any atom is 0.345 e. The van der Waals surface area contributed by atoms with Gasteiger partial charge in [0, 0.05) is 36.7 Å². The van der Waals surface area contributed by atoms with Gasteiger partial charge in [0.15, 0.2) is 0 Å². The molecule has 0 unspecified atom stereocenters. The van der Waals surface area contributed by atoms with E-state index in [1.165, 1.54) is 22.6 Å². The Morgan fingerprint density at radius 1 is 1.03 bits per heavy atom. The van der Waals surface area contributed by atoms with Crippen LogP contribution in [-0.4, -0.2) is 36.5 Å². The standard InChI is InChI=1S/C25H24N2O3S/c1-15-5-4-6-18(11-15)27-10-9-26(14-17(27)3)24(28)22-13-20-23(31-22)19-12-16(2)7-8-21(19)30-25(20)29/h4-8,11-13,17H,9-10,14H2,1-3H3/t17-/m0/s1. The summed E-state index contributed by atoms with van der Waals surface area (Å²) in [6.07, 6.45) is 0. The number of piperazine rings is 1. The summed E-state index contributed by atoms with van der Waals surface area (Å²) >= 11 is 1.39. The summed E-state index contributed by atoms with van der Waals surface area (Å²) in [6.45, 7) is 8.33. The molecule has 31 heavy (non-hydrogen) atoms. The van der Waals surface area contributed by atoms with Gasteiger partial charge in [0.25, 0.3) is 5.91 Å². The Morgan fingerprint density at radius 2 is 1.84 bits per heavy atom. The first kappa shape index (κ1) is 19.8. The van der Waals surface area contributed by atoms with E-state index in [1.54, 1.807) is 6.07 Å². The number of aryl methyl sites for hydroxylation is 2. The Bertz CT molecular complexity index is 1370. The quantitative estimate of drug-likeness (QED) is 0.420. The molecule has 0 spiro atoms. The molecule has 1 amide bonds. The highest BCUT2D eigenvalue weighted by atomic mass is 32.1. The summed E-state index contributed by atoms with van der Waals surface area (Å²) in [6, 6.07) is 16.1. The molecular formula is C25H24N2O3S. The van der Waals surface area contributed by atoms with Crippen molar-refractivity contribution in [2.45, 2.75) is 26.8 Å². The average Bonchev–Trinajstić information content (AvgIpc) is 3.20. The molecule has 5 rings (SSSR count). The molecule has 0 aliphatic carbocycles. The van der Waals surface area contributed by atoms with E-state index in [1.807, 2.05) is 30.0 Å². The predicted molar refractivity (Wildman–Crippen MR) is 126 cm³/mol. The fourth-order valence-electron chi connectivity index (χ4n) is 4.40. The molecule has 1 fully saturated rings.